The third kappa shape index (κ3) is 3.31. The molecular weight excluding hydrogens is 232 g/mol. The molecule has 0 fully saturated rings. The Labute approximate surface area is 105 Å². The molecule has 1 amide bonds. The van der Waals surface area contributed by atoms with Crippen molar-refractivity contribution in [3.8, 4) is 0 Å². The van der Waals surface area contributed by atoms with E-state index in [4.69, 9.17) is 4.74 Å². The number of rotatable bonds is 4. The van der Waals surface area contributed by atoms with Crippen LogP contribution in [0.15, 0.2) is 43.0 Å². The maximum atomic E-state index is 11.5. The number of hydrogen-bond donors (Lipinski definition) is 1. The van der Waals surface area contributed by atoms with Crippen LogP contribution < -0.4 is 5.32 Å². The van der Waals surface area contributed by atoms with Crippen LogP contribution >= 0.6 is 0 Å². The molecule has 2 aromatic rings. The minimum Gasteiger partial charge on any atom is -0.426 e. The van der Waals surface area contributed by atoms with Crippen molar-refractivity contribution < 1.29 is 9.53 Å². The van der Waals surface area contributed by atoms with Gasteiger partial charge in [-0.3, -0.25) is 0 Å². The van der Waals surface area contributed by atoms with E-state index in [1.807, 2.05) is 37.3 Å². The Morgan fingerprint density at radius 2 is 2.22 bits per heavy atom. The average molecular weight is 246 g/mol. The van der Waals surface area contributed by atoms with Gasteiger partial charge in [0, 0.05) is 0 Å². The molecule has 0 radical (unpaired) electrons. The first-order chi connectivity index (χ1) is 8.75. The second kappa shape index (κ2) is 5.81. The van der Waals surface area contributed by atoms with Crippen LogP contribution in [-0.2, 0) is 11.5 Å². The molecule has 0 aliphatic rings. The lowest BCUT2D eigenvalue weighted by Crippen LogP contribution is -2.28. The summed E-state index contributed by atoms with van der Waals surface area (Å²) in [5.74, 6) is 0. The number of carbonyl (C=O) groups is 1. The molecule has 18 heavy (non-hydrogen) atoms. The molecule has 0 unspecified atom stereocenters. The highest BCUT2D eigenvalue weighted by atomic mass is 16.6. The van der Waals surface area contributed by atoms with Crippen LogP contribution in [0.25, 0.3) is 0 Å². The second-order valence-electron chi connectivity index (χ2n) is 3.77. The molecule has 2 rings (SSSR count). The molecule has 1 N–H and O–H groups in total. The van der Waals surface area contributed by atoms with E-state index in [1.54, 1.807) is 0 Å². The topological polar surface area (TPSA) is 69.0 Å². The van der Waals surface area contributed by atoms with Crippen molar-refractivity contribution in [2.75, 3.05) is 0 Å². The zero-order valence-corrected chi connectivity index (χ0v) is 9.98. The van der Waals surface area contributed by atoms with Crippen molar-refractivity contribution >= 4 is 6.09 Å². The third-order valence-corrected chi connectivity index (χ3v) is 2.43. The van der Waals surface area contributed by atoms with Crippen molar-refractivity contribution in [3.05, 3.63) is 48.5 Å². The van der Waals surface area contributed by atoms with Gasteiger partial charge in [0.2, 0.25) is 0 Å². The first kappa shape index (κ1) is 12.1. The van der Waals surface area contributed by atoms with Gasteiger partial charge in [0.1, 0.15) is 12.7 Å². The lowest BCUT2D eigenvalue weighted by atomic mass is 10.1. The largest absolute Gasteiger partial charge is 0.426 e. The number of hydrogen-bond acceptors (Lipinski definition) is 4. The fourth-order valence-electron chi connectivity index (χ4n) is 1.47. The summed E-state index contributed by atoms with van der Waals surface area (Å²) in [4.78, 5) is 15.3. The summed E-state index contributed by atoms with van der Waals surface area (Å²) in [7, 11) is 0. The van der Waals surface area contributed by atoms with Gasteiger partial charge >= 0.3 is 6.09 Å². The summed E-state index contributed by atoms with van der Waals surface area (Å²) in [5, 5.41) is 6.56. The number of alkyl carbamates (subject to hydrolysis) is 1. The minimum atomic E-state index is -0.484. The predicted molar refractivity (Wildman–Crippen MR) is 64.5 cm³/mol. The van der Waals surface area contributed by atoms with Crippen LogP contribution in [0, 0.1) is 0 Å². The highest BCUT2D eigenvalue weighted by molar-refractivity contribution is 5.67. The molecule has 0 aliphatic heterocycles. The van der Waals surface area contributed by atoms with Crippen molar-refractivity contribution in [1.82, 2.24) is 20.1 Å². The Bertz CT molecular complexity index is 484. The zero-order valence-electron chi connectivity index (χ0n) is 9.98. The van der Waals surface area contributed by atoms with Crippen LogP contribution in [0.1, 0.15) is 18.5 Å². The fraction of sp³-hybridized carbons (Fsp3) is 0.250. The van der Waals surface area contributed by atoms with E-state index in [2.05, 4.69) is 15.4 Å². The quantitative estimate of drug-likeness (QED) is 0.891. The number of benzene rings is 1. The second-order valence-corrected chi connectivity index (χ2v) is 3.77. The Balaban J connectivity index is 1.80. The number of amides is 1. The van der Waals surface area contributed by atoms with Gasteiger partial charge in [-0.2, -0.15) is 5.10 Å². The van der Waals surface area contributed by atoms with E-state index in [1.165, 1.54) is 17.3 Å². The lowest BCUT2D eigenvalue weighted by molar-refractivity contribution is 0.105. The SMILES string of the molecule is C[C@@H](NC(=O)OCn1cncn1)c1ccccc1. The van der Waals surface area contributed by atoms with E-state index in [9.17, 15) is 4.79 Å². The van der Waals surface area contributed by atoms with E-state index in [-0.39, 0.29) is 12.8 Å². The Hall–Kier alpha value is -2.37. The summed E-state index contributed by atoms with van der Waals surface area (Å²) in [6.07, 6.45) is 2.38. The minimum absolute atomic E-state index is 0.0490. The van der Waals surface area contributed by atoms with Gasteiger partial charge in [0.25, 0.3) is 0 Å². The summed E-state index contributed by atoms with van der Waals surface area (Å²) < 4.78 is 6.41. The molecule has 1 atom stereocenters. The monoisotopic (exact) mass is 246 g/mol. The highest BCUT2D eigenvalue weighted by Crippen LogP contribution is 2.10. The van der Waals surface area contributed by atoms with E-state index in [0.717, 1.165) is 5.56 Å². The number of aromatic nitrogens is 3. The highest BCUT2D eigenvalue weighted by Gasteiger charge is 2.09. The number of nitrogens with one attached hydrogen (secondary N) is 1. The van der Waals surface area contributed by atoms with E-state index < -0.39 is 6.09 Å². The maximum absolute atomic E-state index is 11.5. The predicted octanol–water partition coefficient (Wildman–Crippen LogP) is 1.72. The first-order valence-corrected chi connectivity index (χ1v) is 5.56. The number of nitrogens with zero attached hydrogens (tertiary/aromatic N) is 3. The molecule has 0 spiro atoms. The Morgan fingerprint density at radius 3 is 2.89 bits per heavy atom. The Morgan fingerprint density at radius 1 is 1.44 bits per heavy atom. The van der Waals surface area contributed by atoms with E-state index in [0.29, 0.717) is 0 Å². The van der Waals surface area contributed by atoms with Crippen molar-refractivity contribution in [2.24, 2.45) is 0 Å². The summed E-state index contributed by atoms with van der Waals surface area (Å²) in [6, 6.07) is 9.57. The van der Waals surface area contributed by atoms with Gasteiger partial charge in [-0.1, -0.05) is 30.3 Å². The zero-order chi connectivity index (χ0) is 12.8. The van der Waals surface area contributed by atoms with Gasteiger partial charge in [-0.05, 0) is 12.5 Å². The van der Waals surface area contributed by atoms with Crippen LogP contribution in [0.2, 0.25) is 0 Å². The fourth-order valence-corrected chi connectivity index (χ4v) is 1.47. The van der Waals surface area contributed by atoms with Crippen LogP contribution in [0.3, 0.4) is 0 Å². The summed E-state index contributed by atoms with van der Waals surface area (Å²) in [6.45, 7) is 1.94. The molecule has 6 nitrogen and oxygen atoms in total. The van der Waals surface area contributed by atoms with Gasteiger partial charge in [-0.15, -0.1) is 0 Å². The molecule has 0 aliphatic carbocycles. The van der Waals surface area contributed by atoms with Gasteiger partial charge in [-0.25, -0.2) is 14.5 Å². The smallest absolute Gasteiger partial charge is 0.409 e. The molecule has 0 saturated carbocycles. The summed E-state index contributed by atoms with van der Waals surface area (Å²) >= 11 is 0. The molecule has 1 aromatic carbocycles. The van der Waals surface area contributed by atoms with Crippen molar-refractivity contribution in [1.29, 1.82) is 0 Å². The molecule has 1 heterocycles. The van der Waals surface area contributed by atoms with Crippen LogP contribution in [-0.4, -0.2) is 20.9 Å². The standard InChI is InChI=1S/C12H14N4O2/c1-10(11-5-3-2-4-6-11)15-12(17)18-9-16-8-13-7-14-16/h2-8,10H,9H2,1H3,(H,15,17)/t10-/m1/s1. The van der Waals surface area contributed by atoms with Gasteiger partial charge < -0.3 is 10.1 Å². The number of carbonyl (C=O) groups excluding carboxylic acids is 1. The molecular formula is C12H14N4O2. The normalized spacial score (nSPS) is 11.8. The van der Waals surface area contributed by atoms with Gasteiger partial charge in [0.15, 0.2) is 6.73 Å². The molecule has 94 valence electrons. The third-order valence-electron chi connectivity index (χ3n) is 2.43. The van der Waals surface area contributed by atoms with Crippen molar-refractivity contribution in [3.63, 3.8) is 0 Å². The van der Waals surface area contributed by atoms with Crippen LogP contribution in [0.4, 0.5) is 4.79 Å². The van der Waals surface area contributed by atoms with E-state index >= 15 is 0 Å². The molecule has 0 saturated heterocycles. The van der Waals surface area contributed by atoms with Crippen LogP contribution in [0.5, 0.6) is 0 Å². The molecule has 0 bridgehead atoms. The number of ether oxygens (including phenoxy) is 1. The first-order valence-electron chi connectivity index (χ1n) is 5.56. The maximum Gasteiger partial charge on any atom is 0.409 e. The van der Waals surface area contributed by atoms with Crippen molar-refractivity contribution in [2.45, 2.75) is 19.7 Å². The average Bonchev–Trinajstić information content (AvgIpc) is 2.90. The summed E-state index contributed by atoms with van der Waals surface area (Å²) in [5.41, 5.74) is 1.02. The Kier molecular flexibility index (Phi) is 3.90. The lowest BCUT2D eigenvalue weighted by Gasteiger charge is -2.14. The molecule has 1 aromatic heterocycles. The molecule has 6 heteroatoms. The van der Waals surface area contributed by atoms with Gasteiger partial charge in [0.05, 0.1) is 6.04 Å².